The second-order valence-corrected chi connectivity index (χ2v) is 6.87. The van der Waals surface area contributed by atoms with Crippen molar-refractivity contribution in [3.8, 4) is 0 Å². The van der Waals surface area contributed by atoms with Crippen molar-refractivity contribution in [1.29, 1.82) is 0 Å². The topological polar surface area (TPSA) is 41.1 Å². The van der Waals surface area contributed by atoms with Gasteiger partial charge in [0.2, 0.25) is 5.91 Å². The number of rotatable bonds is 4. The van der Waals surface area contributed by atoms with E-state index in [9.17, 15) is 4.79 Å². The van der Waals surface area contributed by atoms with Crippen LogP contribution < -0.4 is 10.6 Å². The first-order valence-electron chi connectivity index (χ1n) is 6.86. The Hall–Kier alpha value is -0.220. The van der Waals surface area contributed by atoms with Gasteiger partial charge in [-0.1, -0.05) is 13.8 Å². The zero-order valence-electron chi connectivity index (χ0n) is 10.9. The molecule has 4 atom stereocenters. The molecule has 0 radical (unpaired) electrons. The summed E-state index contributed by atoms with van der Waals surface area (Å²) in [5.41, 5.74) is 0. The Morgan fingerprint density at radius 3 is 2.88 bits per heavy atom. The summed E-state index contributed by atoms with van der Waals surface area (Å²) in [4.78, 5) is 12.1. The first kappa shape index (κ1) is 13.2. The smallest absolute Gasteiger partial charge is 0.237 e. The number of carbonyl (C=O) groups is 1. The Morgan fingerprint density at radius 1 is 1.41 bits per heavy atom. The minimum atomic E-state index is 0.0490. The van der Waals surface area contributed by atoms with Crippen LogP contribution in [0.2, 0.25) is 0 Å². The van der Waals surface area contributed by atoms with Crippen LogP contribution in [0.1, 0.15) is 39.5 Å². The van der Waals surface area contributed by atoms with E-state index in [1.54, 1.807) is 0 Å². The summed E-state index contributed by atoms with van der Waals surface area (Å²) >= 11 is 2.04. The minimum Gasteiger partial charge on any atom is -0.352 e. The van der Waals surface area contributed by atoms with E-state index in [4.69, 9.17) is 0 Å². The molecule has 0 aromatic heterocycles. The average molecular weight is 256 g/mol. The van der Waals surface area contributed by atoms with Crippen LogP contribution in [0.4, 0.5) is 0 Å². The molecule has 1 aliphatic heterocycles. The highest BCUT2D eigenvalue weighted by Gasteiger charge is 2.32. The summed E-state index contributed by atoms with van der Waals surface area (Å²) in [7, 11) is 0. The summed E-state index contributed by atoms with van der Waals surface area (Å²) in [5, 5.41) is 7.29. The predicted molar refractivity (Wildman–Crippen MR) is 73.3 cm³/mol. The van der Waals surface area contributed by atoms with E-state index in [1.165, 1.54) is 12.2 Å². The molecular weight excluding hydrogens is 232 g/mol. The lowest BCUT2D eigenvalue weighted by atomic mass is 10.0. The summed E-state index contributed by atoms with van der Waals surface area (Å²) < 4.78 is 0. The van der Waals surface area contributed by atoms with Crippen molar-refractivity contribution in [2.75, 3.05) is 12.3 Å². The summed E-state index contributed by atoms with van der Waals surface area (Å²) in [6, 6.07) is 0.467. The van der Waals surface area contributed by atoms with Gasteiger partial charge < -0.3 is 10.6 Å². The van der Waals surface area contributed by atoms with Gasteiger partial charge in [0.25, 0.3) is 0 Å². The Kier molecular flexibility index (Phi) is 4.74. The van der Waals surface area contributed by atoms with E-state index in [0.717, 1.165) is 31.1 Å². The van der Waals surface area contributed by atoms with Gasteiger partial charge in [0.15, 0.2) is 0 Å². The monoisotopic (exact) mass is 256 g/mol. The maximum atomic E-state index is 12.1. The molecule has 1 saturated heterocycles. The number of amides is 1. The summed E-state index contributed by atoms with van der Waals surface area (Å²) in [6.07, 6.45) is 4.70. The molecule has 0 bridgehead atoms. The fourth-order valence-corrected chi connectivity index (χ4v) is 4.08. The molecule has 1 heterocycles. The molecular formula is C13H24N2OS. The van der Waals surface area contributed by atoms with Gasteiger partial charge in [0.05, 0.1) is 6.04 Å². The van der Waals surface area contributed by atoms with E-state index < -0.39 is 0 Å². The number of carbonyl (C=O) groups excluding carboxylic acids is 1. The molecule has 4 unspecified atom stereocenters. The van der Waals surface area contributed by atoms with Crippen LogP contribution in [0.5, 0.6) is 0 Å². The van der Waals surface area contributed by atoms with Crippen molar-refractivity contribution >= 4 is 17.7 Å². The van der Waals surface area contributed by atoms with Gasteiger partial charge >= 0.3 is 0 Å². The van der Waals surface area contributed by atoms with Crippen LogP contribution in [-0.4, -0.2) is 35.5 Å². The highest BCUT2D eigenvalue weighted by molar-refractivity contribution is 7.99. The van der Waals surface area contributed by atoms with Gasteiger partial charge in [-0.25, -0.2) is 0 Å². The molecule has 1 amide bonds. The third kappa shape index (κ3) is 3.38. The molecule has 0 aromatic rings. The molecule has 3 nitrogen and oxygen atoms in total. The van der Waals surface area contributed by atoms with E-state index in [2.05, 4.69) is 24.5 Å². The van der Waals surface area contributed by atoms with E-state index in [0.29, 0.717) is 12.0 Å². The first-order valence-corrected chi connectivity index (χ1v) is 7.91. The minimum absolute atomic E-state index is 0.0490. The quantitative estimate of drug-likeness (QED) is 0.805. The molecule has 98 valence electrons. The van der Waals surface area contributed by atoms with Crippen molar-refractivity contribution in [1.82, 2.24) is 10.6 Å². The molecule has 0 aromatic carbocycles. The van der Waals surface area contributed by atoms with Crippen LogP contribution in [-0.2, 0) is 4.79 Å². The van der Waals surface area contributed by atoms with Crippen LogP contribution >= 0.6 is 11.8 Å². The van der Waals surface area contributed by atoms with Crippen molar-refractivity contribution in [3.63, 3.8) is 0 Å². The maximum Gasteiger partial charge on any atom is 0.237 e. The fraction of sp³-hybridized carbons (Fsp3) is 0.923. The molecule has 1 saturated carbocycles. The van der Waals surface area contributed by atoms with Crippen LogP contribution in [0.15, 0.2) is 0 Å². The van der Waals surface area contributed by atoms with Gasteiger partial charge in [0, 0.05) is 11.3 Å². The Labute approximate surface area is 108 Å². The molecule has 0 spiro atoms. The molecule has 2 rings (SSSR count). The molecule has 4 heteroatoms. The Balaban J connectivity index is 1.76. The molecule has 2 fully saturated rings. The lowest BCUT2D eigenvalue weighted by Crippen LogP contribution is -2.46. The van der Waals surface area contributed by atoms with E-state index in [1.807, 2.05) is 11.8 Å². The van der Waals surface area contributed by atoms with Crippen molar-refractivity contribution < 1.29 is 4.79 Å². The lowest BCUT2D eigenvalue weighted by Gasteiger charge is -2.19. The van der Waals surface area contributed by atoms with Crippen LogP contribution in [0.25, 0.3) is 0 Å². The molecule has 2 N–H and O–H groups in total. The number of nitrogens with one attached hydrogen (secondary N) is 2. The first-order chi connectivity index (χ1) is 8.20. The summed E-state index contributed by atoms with van der Waals surface area (Å²) in [5.74, 6) is 1.89. The highest BCUT2D eigenvalue weighted by Crippen LogP contribution is 2.29. The largest absolute Gasteiger partial charge is 0.352 e. The summed E-state index contributed by atoms with van der Waals surface area (Å²) in [6.45, 7) is 5.35. The Bertz CT molecular complexity index is 272. The van der Waals surface area contributed by atoms with Crippen molar-refractivity contribution in [3.05, 3.63) is 0 Å². The fourth-order valence-electron chi connectivity index (χ4n) is 2.93. The van der Waals surface area contributed by atoms with Gasteiger partial charge in [-0.05, 0) is 43.9 Å². The molecule has 1 aliphatic carbocycles. The van der Waals surface area contributed by atoms with Gasteiger partial charge in [-0.2, -0.15) is 11.8 Å². The third-order valence-corrected chi connectivity index (χ3v) is 5.18. The third-order valence-electron chi connectivity index (χ3n) is 3.95. The molecule has 17 heavy (non-hydrogen) atoms. The Morgan fingerprint density at radius 2 is 2.24 bits per heavy atom. The standard InChI is InChI=1S/C13H24N2OS/c1-3-17-11-5-4-10(8-11)15-13(16)12-9(2)6-7-14-12/h9-12,14H,3-8H2,1-2H3,(H,15,16). The van der Waals surface area contributed by atoms with Crippen LogP contribution in [0.3, 0.4) is 0 Å². The van der Waals surface area contributed by atoms with Gasteiger partial charge in [-0.15, -0.1) is 0 Å². The normalized spacial score (nSPS) is 37.3. The molecule has 2 aliphatic rings. The average Bonchev–Trinajstić information content (AvgIpc) is 2.88. The number of hydrogen-bond donors (Lipinski definition) is 2. The number of thioether (sulfide) groups is 1. The lowest BCUT2D eigenvalue weighted by molar-refractivity contribution is -0.124. The van der Waals surface area contributed by atoms with Crippen molar-refractivity contribution in [2.45, 2.75) is 56.9 Å². The SMILES string of the molecule is CCSC1CCC(NC(=O)C2NCCC2C)C1. The highest BCUT2D eigenvalue weighted by atomic mass is 32.2. The zero-order valence-corrected chi connectivity index (χ0v) is 11.7. The van der Waals surface area contributed by atoms with Crippen molar-refractivity contribution in [2.24, 2.45) is 5.92 Å². The second-order valence-electron chi connectivity index (χ2n) is 5.29. The van der Waals surface area contributed by atoms with Gasteiger partial charge in [-0.3, -0.25) is 4.79 Å². The predicted octanol–water partition coefficient (Wildman–Crippen LogP) is 1.77. The second kappa shape index (κ2) is 6.10. The maximum absolute atomic E-state index is 12.1. The zero-order chi connectivity index (χ0) is 12.3. The van der Waals surface area contributed by atoms with E-state index in [-0.39, 0.29) is 11.9 Å². The van der Waals surface area contributed by atoms with Gasteiger partial charge in [0.1, 0.15) is 0 Å². The van der Waals surface area contributed by atoms with Crippen LogP contribution in [0, 0.1) is 5.92 Å². The van der Waals surface area contributed by atoms with E-state index >= 15 is 0 Å². The number of hydrogen-bond acceptors (Lipinski definition) is 3.